The summed E-state index contributed by atoms with van der Waals surface area (Å²) >= 11 is 6.67. The predicted molar refractivity (Wildman–Crippen MR) is 134 cm³/mol. The number of anilines is 2. The predicted octanol–water partition coefficient (Wildman–Crippen LogP) is 3.81. The van der Waals surface area contributed by atoms with Crippen molar-refractivity contribution in [2.75, 3.05) is 23.1 Å². The van der Waals surface area contributed by atoms with Gasteiger partial charge in [-0.3, -0.25) is 14.8 Å². The van der Waals surface area contributed by atoms with Gasteiger partial charge >= 0.3 is 0 Å². The molecule has 1 fully saturated rings. The summed E-state index contributed by atoms with van der Waals surface area (Å²) in [7, 11) is -7.76. The van der Waals surface area contributed by atoms with Crippen LogP contribution in [0.3, 0.4) is 0 Å². The molecule has 4 rings (SSSR count). The fourth-order valence-corrected chi connectivity index (χ4v) is 7.20. The Balaban J connectivity index is 1.44. The topological polar surface area (TPSA) is 138 Å². The number of hydrogen-bond donors (Lipinski definition) is 2. The van der Waals surface area contributed by atoms with Crippen molar-refractivity contribution in [3.05, 3.63) is 59.1 Å². The average molecular weight is 556 g/mol. The van der Waals surface area contributed by atoms with E-state index in [9.17, 15) is 21.6 Å². The fourth-order valence-electron chi connectivity index (χ4n) is 3.50. The van der Waals surface area contributed by atoms with Gasteiger partial charge in [-0.15, -0.1) is 10.2 Å². The van der Waals surface area contributed by atoms with Gasteiger partial charge in [-0.2, -0.15) is 12.7 Å². The molecule has 0 aliphatic carbocycles. The Kier molecular flexibility index (Phi) is 7.71. The Hall–Kier alpha value is -2.58. The Morgan fingerprint density at radius 1 is 0.914 bits per heavy atom. The van der Waals surface area contributed by atoms with Crippen LogP contribution in [0.5, 0.6) is 0 Å². The molecule has 3 aromatic rings. The lowest BCUT2D eigenvalue weighted by atomic mass is 10.2. The van der Waals surface area contributed by atoms with E-state index in [1.165, 1.54) is 34.6 Å². The summed E-state index contributed by atoms with van der Waals surface area (Å²) < 4.78 is 54.7. The van der Waals surface area contributed by atoms with Crippen LogP contribution in [0, 0.1) is 0 Å². The first-order chi connectivity index (χ1) is 16.7. The second kappa shape index (κ2) is 10.6. The van der Waals surface area contributed by atoms with Crippen LogP contribution in [0.4, 0.5) is 10.8 Å². The molecule has 1 saturated heterocycles. The van der Waals surface area contributed by atoms with Crippen molar-refractivity contribution in [1.82, 2.24) is 14.5 Å². The maximum Gasteiger partial charge on any atom is 0.291 e. The van der Waals surface area contributed by atoms with E-state index in [4.69, 9.17) is 11.6 Å². The molecule has 2 N–H and O–H groups in total. The quantitative estimate of drug-likeness (QED) is 0.423. The van der Waals surface area contributed by atoms with Crippen LogP contribution in [0.1, 0.15) is 36.0 Å². The van der Waals surface area contributed by atoms with Crippen LogP contribution in [-0.4, -0.2) is 50.3 Å². The van der Waals surface area contributed by atoms with Crippen LogP contribution < -0.4 is 10.0 Å². The molecule has 0 radical (unpaired) electrons. The Morgan fingerprint density at radius 3 is 2.23 bits per heavy atom. The van der Waals surface area contributed by atoms with Crippen LogP contribution >= 0.6 is 22.9 Å². The molecule has 1 aliphatic rings. The lowest BCUT2D eigenvalue weighted by Crippen LogP contribution is -2.31. The van der Waals surface area contributed by atoms with Gasteiger partial charge in [0.1, 0.15) is 0 Å². The third-order valence-electron chi connectivity index (χ3n) is 5.28. The molecule has 2 aromatic carbocycles. The molecule has 10 nitrogen and oxygen atoms in total. The number of benzene rings is 2. The largest absolute Gasteiger partial charge is 0.296 e. The van der Waals surface area contributed by atoms with Crippen LogP contribution in [0.2, 0.25) is 5.02 Å². The van der Waals surface area contributed by atoms with Crippen molar-refractivity contribution in [3.8, 4) is 0 Å². The smallest absolute Gasteiger partial charge is 0.291 e. The number of rotatable bonds is 7. The van der Waals surface area contributed by atoms with E-state index in [2.05, 4.69) is 20.2 Å². The molecule has 0 bridgehead atoms. The monoisotopic (exact) mass is 555 g/mol. The van der Waals surface area contributed by atoms with E-state index in [1.54, 1.807) is 18.2 Å². The summed E-state index contributed by atoms with van der Waals surface area (Å²) in [5, 5.41) is 10.1. The van der Waals surface area contributed by atoms with Crippen molar-refractivity contribution in [1.29, 1.82) is 0 Å². The zero-order valence-electron chi connectivity index (χ0n) is 18.3. The standard InChI is InChI=1S/C21H22ClN5O5S3/c22-18-8-4-3-7-17(18)19(28)23-20-24-25-21(33-20)34(29,30)26-15-9-11-16(12-10-15)35(31,32)27-13-5-1-2-6-14-27/h3-4,7-12,26H,1-2,5-6,13-14H2,(H,23,24,28). The highest BCUT2D eigenvalue weighted by molar-refractivity contribution is 7.94. The third-order valence-corrected chi connectivity index (χ3v) is 10.1. The van der Waals surface area contributed by atoms with Crippen LogP contribution in [-0.2, 0) is 20.0 Å². The average Bonchev–Trinajstić information content (AvgIpc) is 3.12. The Morgan fingerprint density at radius 2 is 1.57 bits per heavy atom. The molecule has 0 atom stereocenters. The zero-order valence-corrected chi connectivity index (χ0v) is 21.6. The summed E-state index contributed by atoms with van der Waals surface area (Å²) in [6, 6.07) is 11.9. The zero-order chi connectivity index (χ0) is 25.1. The molecule has 186 valence electrons. The second-order valence-electron chi connectivity index (χ2n) is 7.76. The van der Waals surface area contributed by atoms with Crippen molar-refractivity contribution in [2.45, 2.75) is 34.9 Å². The summed E-state index contributed by atoms with van der Waals surface area (Å²) in [6.07, 6.45) is 3.65. The van der Waals surface area contributed by atoms with Gasteiger partial charge in [0.2, 0.25) is 15.2 Å². The molecule has 0 spiro atoms. The minimum Gasteiger partial charge on any atom is -0.296 e. The van der Waals surface area contributed by atoms with Gasteiger partial charge in [0.15, 0.2) is 0 Å². The minimum absolute atomic E-state index is 0.0193. The highest BCUT2D eigenvalue weighted by Gasteiger charge is 2.26. The molecule has 0 saturated carbocycles. The highest BCUT2D eigenvalue weighted by Crippen LogP contribution is 2.26. The lowest BCUT2D eigenvalue weighted by molar-refractivity contribution is 0.102. The number of nitrogens with zero attached hydrogens (tertiary/aromatic N) is 3. The number of nitrogens with one attached hydrogen (secondary N) is 2. The van der Waals surface area contributed by atoms with Gasteiger partial charge in [-0.1, -0.05) is 47.9 Å². The molecule has 1 aromatic heterocycles. The third kappa shape index (κ3) is 5.98. The van der Waals surface area contributed by atoms with E-state index in [1.807, 2.05) is 0 Å². The summed E-state index contributed by atoms with van der Waals surface area (Å²) in [6.45, 7) is 0.951. The Bertz CT molecular complexity index is 1420. The SMILES string of the molecule is O=C(Nc1nnc(S(=O)(=O)Nc2ccc(S(=O)(=O)N3CCCCCC3)cc2)s1)c1ccccc1Cl. The van der Waals surface area contributed by atoms with Gasteiger partial charge in [0.05, 0.1) is 15.5 Å². The fraction of sp³-hybridized carbons (Fsp3) is 0.286. The maximum atomic E-state index is 12.9. The Labute approximate surface area is 212 Å². The maximum absolute atomic E-state index is 12.9. The number of halogens is 1. The van der Waals surface area contributed by atoms with Crippen LogP contribution in [0.25, 0.3) is 0 Å². The molecule has 1 aliphatic heterocycles. The van der Waals surface area contributed by atoms with Gasteiger partial charge in [0.25, 0.3) is 20.3 Å². The normalized spacial score (nSPS) is 15.3. The first-order valence-corrected chi connectivity index (χ1v) is 14.8. The summed E-state index contributed by atoms with van der Waals surface area (Å²) in [4.78, 5) is 12.5. The molecular weight excluding hydrogens is 534 g/mol. The first kappa shape index (κ1) is 25.5. The number of carbonyl (C=O) groups excluding carboxylic acids is 1. The lowest BCUT2D eigenvalue weighted by Gasteiger charge is -2.20. The number of aromatic nitrogens is 2. The van der Waals surface area contributed by atoms with Crippen molar-refractivity contribution in [2.24, 2.45) is 0 Å². The number of hydrogen-bond acceptors (Lipinski definition) is 8. The molecule has 14 heteroatoms. The summed E-state index contributed by atoms with van der Waals surface area (Å²) in [5.41, 5.74) is 0.374. The molecule has 0 unspecified atom stereocenters. The molecular formula is C21H22ClN5O5S3. The first-order valence-electron chi connectivity index (χ1n) is 10.7. The van der Waals surface area contributed by atoms with Gasteiger partial charge in [-0.25, -0.2) is 8.42 Å². The van der Waals surface area contributed by atoms with Crippen molar-refractivity contribution in [3.63, 3.8) is 0 Å². The van der Waals surface area contributed by atoms with E-state index in [0.717, 1.165) is 25.7 Å². The van der Waals surface area contributed by atoms with Crippen molar-refractivity contribution >= 4 is 59.7 Å². The number of sulfonamides is 2. The molecule has 2 heterocycles. The molecule has 35 heavy (non-hydrogen) atoms. The minimum atomic E-state index is -4.12. The highest BCUT2D eigenvalue weighted by atomic mass is 35.5. The van der Waals surface area contributed by atoms with E-state index in [0.29, 0.717) is 24.4 Å². The van der Waals surface area contributed by atoms with E-state index in [-0.39, 0.29) is 30.6 Å². The molecule has 1 amide bonds. The van der Waals surface area contributed by atoms with Gasteiger partial charge < -0.3 is 0 Å². The number of carbonyl (C=O) groups is 1. The second-order valence-corrected chi connectivity index (χ2v) is 12.9. The summed E-state index contributed by atoms with van der Waals surface area (Å²) in [5.74, 6) is -0.551. The van der Waals surface area contributed by atoms with Crippen molar-refractivity contribution < 1.29 is 21.6 Å². The van der Waals surface area contributed by atoms with E-state index < -0.39 is 26.0 Å². The van der Waals surface area contributed by atoms with Gasteiger partial charge in [0, 0.05) is 18.8 Å². The van der Waals surface area contributed by atoms with Gasteiger partial charge in [-0.05, 0) is 49.2 Å². The number of amides is 1. The van der Waals surface area contributed by atoms with Crippen LogP contribution in [0.15, 0.2) is 57.8 Å². The van der Waals surface area contributed by atoms with E-state index >= 15 is 0 Å².